The van der Waals surface area contributed by atoms with Crippen LogP contribution in [0.15, 0.2) is 51.3 Å². The lowest BCUT2D eigenvalue weighted by Gasteiger charge is -2.42. The van der Waals surface area contributed by atoms with Gasteiger partial charge in [-0.15, -0.1) is 10.2 Å². The van der Waals surface area contributed by atoms with Crippen molar-refractivity contribution in [3.05, 3.63) is 52.5 Å². The molecule has 4 N–H and O–H groups in total. The Labute approximate surface area is 205 Å². The van der Waals surface area contributed by atoms with E-state index in [9.17, 15) is 14.9 Å². The first kappa shape index (κ1) is 23.8. The van der Waals surface area contributed by atoms with Crippen LogP contribution in [0, 0.1) is 16.7 Å². The number of thioether (sulfide) groups is 1. The lowest BCUT2D eigenvalue weighted by molar-refractivity contribution is -0.118. The van der Waals surface area contributed by atoms with Crippen LogP contribution in [0.2, 0.25) is 0 Å². The largest absolute Gasteiger partial charge is 0.496 e. The van der Waals surface area contributed by atoms with Gasteiger partial charge in [-0.25, -0.2) is 0 Å². The lowest BCUT2D eigenvalue weighted by atomic mass is 9.68. The van der Waals surface area contributed by atoms with Crippen molar-refractivity contribution in [3.63, 3.8) is 0 Å². The lowest BCUT2D eigenvalue weighted by Crippen LogP contribution is -2.42. The Hall–Kier alpha value is -3.36. The minimum absolute atomic E-state index is 0.0414. The Bertz CT molecular complexity index is 1270. The van der Waals surface area contributed by atoms with Gasteiger partial charge in [0.25, 0.3) is 0 Å². The summed E-state index contributed by atoms with van der Waals surface area (Å²) in [5.41, 5.74) is 13.7. The molecule has 1 amide bonds. The van der Waals surface area contributed by atoms with Crippen molar-refractivity contribution in [3.8, 4) is 11.8 Å². The minimum Gasteiger partial charge on any atom is -0.496 e. The number of aromatic nitrogens is 2. The second-order valence-electron chi connectivity index (χ2n) is 8.83. The Morgan fingerprint density at radius 1 is 1.35 bits per heavy atom. The zero-order chi connectivity index (χ0) is 24.6. The third-order valence-electron chi connectivity index (χ3n) is 5.76. The number of para-hydroxylation sites is 1. The van der Waals surface area contributed by atoms with Gasteiger partial charge in [-0.3, -0.25) is 14.5 Å². The van der Waals surface area contributed by atoms with Gasteiger partial charge in [0, 0.05) is 23.3 Å². The minimum atomic E-state index is -0.646. The summed E-state index contributed by atoms with van der Waals surface area (Å²) in [4.78, 5) is 26.4. The molecule has 0 spiro atoms. The summed E-state index contributed by atoms with van der Waals surface area (Å²) < 4.78 is 6.10. The highest BCUT2D eigenvalue weighted by Crippen LogP contribution is 2.51. The number of hydrogen-bond acceptors (Lipinski definition) is 10. The molecule has 0 radical (unpaired) electrons. The molecule has 1 aromatic heterocycles. The van der Waals surface area contributed by atoms with Gasteiger partial charge in [0.1, 0.15) is 11.6 Å². The number of ketones is 1. The van der Waals surface area contributed by atoms with E-state index in [1.165, 1.54) is 23.1 Å². The third kappa shape index (κ3) is 4.26. The van der Waals surface area contributed by atoms with Gasteiger partial charge in [0.15, 0.2) is 10.1 Å². The maximum absolute atomic E-state index is 13.6. The topological polar surface area (TPSA) is 148 Å². The molecule has 1 aromatic carbocycles. The first-order valence-electron chi connectivity index (χ1n) is 10.5. The summed E-state index contributed by atoms with van der Waals surface area (Å²) in [5, 5.41) is 19.0. The summed E-state index contributed by atoms with van der Waals surface area (Å²) in [5.74, 6) is -0.306. The molecular weight excluding hydrogens is 472 g/mol. The van der Waals surface area contributed by atoms with E-state index in [1.807, 2.05) is 32.0 Å². The summed E-state index contributed by atoms with van der Waals surface area (Å²) in [6.07, 6.45) is 0.905. The van der Waals surface area contributed by atoms with Crippen LogP contribution in [-0.4, -0.2) is 34.8 Å². The molecule has 0 saturated carbocycles. The maximum atomic E-state index is 13.6. The van der Waals surface area contributed by atoms with E-state index in [0.29, 0.717) is 44.9 Å². The molecule has 2 aromatic rings. The van der Waals surface area contributed by atoms with Crippen LogP contribution in [-0.2, 0) is 9.59 Å². The number of nitrogens with zero attached hydrogens (tertiary/aromatic N) is 4. The Morgan fingerprint density at radius 3 is 2.76 bits per heavy atom. The first-order valence-corrected chi connectivity index (χ1v) is 12.3. The SMILES string of the molecule is COc1ccccc1C1C(C#N)=C(N)N(c2nnc(SCC(N)=O)s2)C2=C1C(=O)CC(C)(C)C2. The molecular formula is C23H24N6O3S2. The Morgan fingerprint density at radius 2 is 2.09 bits per heavy atom. The summed E-state index contributed by atoms with van der Waals surface area (Å²) in [6.45, 7) is 4.05. The molecule has 1 atom stereocenters. The number of anilines is 1. The summed E-state index contributed by atoms with van der Waals surface area (Å²) >= 11 is 2.40. The molecule has 2 aliphatic rings. The van der Waals surface area contributed by atoms with E-state index in [0.717, 1.165) is 0 Å². The van der Waals surface area contributed by atoms with Crippen molar-refractivity contribution >= 4 is 39.9 Å². The normalized spacial score (nSPS) is 19.6. The van der Waals surface area contributed by atoms with Crippen LogP contribution in [0.1, 0.15) is 38.2 Å². The zero-order valence-corrected chi connectivity index (χ0v) is 20.6. The molecule has 4 rings (SSSR count). The molecule has 9 nitrogen and oxygen atoms in total. The number of amides is 1. The molecule has 0 fully saturated rings. The molecule has 176 valence electrons. The molecule has 1 unspecified atom stereocenters. The number of nitriles is 1. The molecule has 11 heteroatoms. The molecule has 1 aliphatic carbocycles. The number of ether oxygens (including phenoxy) is 1. The fraction of sp³-hybridized carbons (Fsp3) is 0.348. The average Bonchev–Trinajstić information content (AvgIpc) is 3.24. The van der Waals surface area contributed by atoms with Crippen molar-refractivity contribution in [2.45, 2.75) is 36.9 Å². The van der Waals surface area contributed by atoms with E-state index in [4.69, 9.17) is 16.2 Å². The van der Waals surface area contributed by atoms with Gasteiger partial charge in [0.05, 0.1) is 30.4 Å². The highest BCUT2D eigenvalue weighted by molar-refractivity contribution is 8.01. The molecule has 0 bridgehead atoms. The first-order chi connectivity index (χ1) is 16.2. The number of benzene rings is 1. The number of hydrogen-bond donors (Lipinski definition) is 2. The fourth-order valence-corrected chi connectivity index (χ4v) is 6.05. The third-order valence-corrected chi connectivity index (χ3v) is 7.82. The van der Waals surface area contributed by atoms with Gasteiger partial charge < -0.3 is 16.2 Å². The number of methoxy groups -OCH3 is 1. The monoisotopic (exact) mass is 496 g/mol. The van der Waals surface area contributed by atoms with Gasteiger partial charge in [-0.05, 0) is 17.9 Å². The van der Waals surface area contributed by atoms with Gasteiger partial charge in [-0.1, -0.05) is 55.1 Å². The van der Waals surface area contributed by atoms with Crippen molar-refractivity contribution in [1.29, 1.82) is 5.26 Å². The highest BCUT2D eigenvalue weighted by Gasteiger charge is 2.46. The standard InChI is InChI=1S/C23H24N6O3S2/c1-23(2)8-14-19(15(30)9-23)18(12-6-4-5-7-16(12)32-3)13(10-24)20(26)29(14)21-27-28-22(34-21)33-11-17(25)31/h4-7,18H,8-9,11,26H2,1-3H3,(H2,25,31). The number of primary amides is 1. The van der Waals surface area contributed by atoms with Crippen molar-refractivity contribution < 1.29 is 14.3 Å². The number of nitrogens with two attached hydrogens (primary N) is 2. The van der Waals surface area contributed by atoms with Crippen LogP contribution in [0.3, 0.4) is 0 Å². The molecule has 0 saturated heterocycles. The quantitative estimate of drug-likeness (QED) is 0.575. The number of carbonyl (C=O) groups is 2. The maximum Gasteiger partial charge on any atom is 0.227 e. The Kier molecular flexibility index (Phi) is 6.38. The van der Waals surface area contributed by atoms with Crippen LogP contribution in [0.25, 0.3) is 0 Å². The number of allylic oxidation sites excluding steroid dienone is 3. The predicted octanol–water partition coefficient (Wildman–Crippen LogP) is 3.06. The summed E-state index contributed by atoms with van der Waals surface area (Å²) in [6, 6.07) is 9.58. The summed E-state index contributed by atoms with van der Waals surface area (Å²) in [7, 11) is 1.56. The van der Waals surface area contributed by atoms with Gasteiger partial charge >= 0.3 is 0 Å². The van der Waals surface area contributed by atoms with Crippen LogP contribution >= 0.6 is 23.1 Å². The van der Waals surface area contributed by atoms with Crippen molar-refractivity contribution in [2.24, 2.45) is 16.9 Å². The number of rotatable bonds is 6. The van der Waals surface area contributed by atoms with Gasteiger partial charge in [-0.2, -0.15) is 5.26 Å². The highest BCUT2D eigenvalue weighted by atomic mass is 32.2. The van der Waals surface area contributed by atoms with E-state index >= 15 is 0 Å². The van der Waals surface area contributed by atoms with Crippen LogP contribution in [0.4, 0.5) is 5.13 Å². The van der Waals surface area contributed by atoms with Crippen LogP contribution < -0.4 is 21.1 Å². The van der Waals surface area contributed by atoms with E-state index in [1.54, 1.807) is 18.1 Å². The van der Waals surface area contributed by atoms with Crippen molar-refractivity contribution in [1.82, 2.24) is 10.2 Å². The number of Topliss-reactive ketones (excluding diaryl/α,β-unsaturated/α-hetero) is 1. The van der Waals surface area contributed by atoms with Crippen molar-refractivity contribution in [2.75, 3.05) is 17.8 Å². The molecule has 2 heterocycles. The van der Waals surface area contributed by atoms with E-state index < -0.39 is 11.8 Å². The fourth-order valence-electron chi connectivity index (χ4n) is 4.43. The van der Waals surface area contributed by atoms with Gasteiger partial charge in [0.2, 0.25) is 11.0 Å². The predicted molar refractivity (Wildman–Crippen MR) is 130 cm³/mol. The second-order valence-corrected chi connectivity index (χ2v) is 11.0. The van der Waals surface area contributed by atoms with E-state index in [2.05, 4.69) is 16.3 Å². The van der Waals surface area contributed by atoms with Crippen LogP contribution in [0.5, 0.6) is 5.75 Å². The molecule has 34 heavy (non-hydrogen) atoms. The van der Waals surface area contributed by atoms with E-state index in [-0.39, 0.29) is 28.3 Å². The molecule has 1 aliphatic heterocycles. The number of carbonyl (C=O) groups excluding carboxylic acids is 2. The zero-order valence-electron chi connectivity index (χ0n) is 19.0. The average molecular weight is 497 g/mol. The Balaban J connectivity index is 1.91. The second kappa shape index (κ2) is 9.12. The smallest absolute Gasteiger partial charge is 0.227 e.